The number of rotatable bonds is 13. The fourth-order valence-electron chi connectivity index (χ4n) is 6.09. The molecule has 0 heterocycles. The molecule has 0 atom stereocenters. The summed E-state index contributed by atoms with van der Waals surface area (Å²) in [4.78, 5) is 0. The molecule has 2 aliphatic rings. The highest BCUT2D eigenvalue weighted by atomic mass is 32.2. The smallest absolute Gasteiger partial charge is 0.0160 e. The van der Waals surface area contributed by atoms with Crippen LogP contribution in [0, 0.1) is 17.8 Å². The number of thioether (sulfide) groups is 1. The molecule has 0 saturated heterocycles. The topological polar surface area (TPSA) is 0 Å². The highest BCUT2D eigenvalue weighted by Crippen LogP contribution is 2.49. The van der Waals surface area contributed by atoms with E-state index in [1.807, 2.05) is 0 Å². The zero-order chi connectivity index (χ0) is 19.4. The molecule has 0 amide bonds. The summed E-state index contributed by atoms with van der Waals surface area (Å²) in [6.07, 6.45) is 27.0. The first kappa shape index (κ1) is 23.6. The SMILES string of the molecule is CCCCCCCC1(SCC)CCC(C2CCC(CCCCC)CC2)CC1. The highest BCUT2D eigenvalue weighted by Gasteiger charge is 2.38. The molecular formula is C26H50S. The average Bonchev–Trinajstić information content (AvgIpc) is 2.70. The summed E-state index contributed by atoms with van der Waals surface area (Å²) in [6.45, 7) is 7.05. The molecule has 1 heteroatoms. The average molecular weight is 395 g/mol. The fraction of sp³-hybridized carbons (Fsp3) is 1.00. The van der Waals surface area contributed by atoms with Gasteiger partial charge in [-0.15, -0.1) is 0 Å². The minimum atomic E-state index is 0.662. The Morgan fingerprint density at radius 2 is 1.26 bits per heavy atom. The second-order valence-corrected chi connectivity index (χ2v) is 11.6. The summed E-state index contributed by atoms with van der Waals surface area (Å²) in [6, 6.07) is 0. The Bertz CT molecular complexity index is 347. The first-order chi connectivity index (χ1) is 13.2. The van der Waals surface area contributed by atoms with E-state index in [9.17, 15) is 0 Å². The van der Waals surface area contributed by atoms with Crippen LogP contribution in [0.1, 0.15) is 136 Å². The maximum Gasteiger partial charge on any atom is 0.0160 e. The Labute approximate surface area is 176 Å². The van der Waals surface area contributed by atoms with Gasteiger partial charge in [0.15, 0.2) is 0 Å². The zero-order valence-corrected chi connectivity index (χ0v) is 19.9. The second kappa shape index (κ2) is 13.6. The Kier molecular flexibility index (Phi) is 11.9. The third-order valence-electron chi connectivity index (χ3n) is 7.90. The number of hydrogen-bond acceptors (Lipinski definition) is 1. The van der Waals surface area contributed by atoms with E-state index in [1.165, 1.54) is 82.8 Å². The second-order valence-electron chi connectivity index (χ2n) is 9.89. The molecule has 0 aromatic heterocycles. The third-order valence-corrected chi connectivity index (χ3v) is 9.42. The highest BCUT2D eigenvalue weighted by molar-refractivity contribution is 8.00. The third kappa shape index (κ3) is 8.31. The van der Waals surface area contributed by atoms with E-state index in [2.05, 4.69) is 32.5 Å². The largest absolute Gasteiger partial charge is 0.155 e. The molecule has 0 aliphatic heterocycles. The van der Waals surface area contributed by atoms with Crippen LogP contribution in [-0.4, -0.2) is 10.5 Å². The van der Waals surface area contributed by atoms with Gasteiger partial charge in [0.25, 0.3) is 0 Å². The van der Waals surface area contributed by atoms with Crippen molar-refractivity contribution >= 4 is 11.8 Å². The molecule has 0 bridgehead atoms. The Morgan fingerprint density at radius 1 is 0.667 bits per heavy atom. The van der Waals surface area contributed by atoms with E-state index in [4.69, 9.17) is 0 Å². The predicted molar refractivity (Wildman–Crippen MR) is 126 cm³/mol. The van der Waals surface area contributed by atoms with Gasteiger partial charge in [-0.1, -0.05) is 91.4 Å². The van der Waals surface area contributed by atoms with Gasteiger partial charge in [0.05, 0.1) is 0 Å². The van der Waals surface area contributed by atoms with Gasteiger partial charge in [-0.3, -0.25) is 0 Å². The van der Waals surface area contributed by atoms with Crippen LogP contribution in [0.3, 0.4) is 0 Å². The molecule has 0 aromatic rings. The summed E-state index contributed by atoms with van der Waals surface area (Å²) in [5.74, 6) is 4.56. The lowest BCUT2D eigenvalue weighted by atomic mass is 9.68. The van der Waals surface area contributed by atoms with E-state index < -0.39 is 0 Å². The molecule has 0 spiro atoms. The summed E-state index contributed by atoms with van der Waals surface area (Å²) in [7, 11) is 0. The van der Waals surface area contributed by atoms with E-state index >= 15 is 0 Å². The van der Waals surface area contributed by atoms with Crippen LogP contribution in [0.5, 0.6) is 0 Å². The van der Waals surface area contributed by atoms with Crippen molar-refractivity contribution in [1.82, 2.24) is 0 Å². The first-order valence-corrected chi connectivity index (χ1v) is 13.9. The minimum Gasteiger partial charge on any atom is -0.155 e. The monoisotopic (exact) mass is 394 g/mol. The summed E-state index contributed by atoms with van der Waals surface area (Å²) < 4.78 is 0.662. The number of unbranched alkanes of at least 4 members (excludes halogenated alkanes) is 6. The zero-order valence-electron chi connectivity index (χ0n) is 19.1. The van der Waals surface area contributed by atoms with E-state index in [1.54, 1.807) is 38.5 Å². The summed E-state index contributed by atoms with van der Waals surface area (Å²) >= 11 is 2.32. The molecule has 2 saturated carbocycles. The molecule has 160 valence electrons. The van der Waals surface area contributed by atoms with Gasteiger partial charge in [0, 0.05) is 4.75 Å². The number of hydrogen-bond donors (Lipinski definition) is 0. The van der Waals surface area contributed by atoms with Gasteiger partial charge in [0.1, 0.15) is 0 Å². The van der Waals surface area contributed by atoms with Crippen molar-refractivity contribution in [3.05, 3.63) is 0 Å². The van der Waals surface area contributed by atoms with Crippen LogP contribution in [0.15, 0.2) is 0 Å². The summed E-state index contributed by atoms with van der Waals surface area (Å²) in [5.41, 5.74) is 0. The molecule has 0 radical (unpaired) electrons. The molecule has 0 aromatic carbocycles. The van der Waals surface area contributed by atoms with Crippen LogP contribution >= 0.6 is 11.8 Å². The molecule has 2 aliphatic carbocycles. The maximum atomic E-state index is 2.38. The van der Waals surface area contributed by atoms with Crippen LogP contribution in [0.25, 0.3) is 0 Å². The van der Waals surface area contributed by atoms with Gasteiger partial charge in [-0.25, -0.2) is 0 Å². The Morgan fingerprint density at radius 3 is 1.89 bits per heavy atom. The van der Waals surface area contributed by atoms with Crippen molar-refractivity contribution in [2.24, 2.45) is 17.8 Å². The predicted octanol–water partition coefficient (Wildman–Crippen LogP) is 9.42. The molecule has 0 N–H and O–H groups in total. The Hall–Kier alpha value is 0.350. The molecule has 2 fully saturated rings. The Balaban J connectivity index is 1.69. The van der Waals surface area contributed by atoms with Crippen molar-refractivity contribution < 1.29 is 0 Å². The van der Waals surface area contributed by atoms with Crippen LogP contribution < -0.4 is 0 Å². The van der Waals surface area contributed by atoms with Crippen LogP contribution in [0.4, 0.5) is 0 Å². The molecule has 27 heavy (non-hydrogen) atoms. The van der Waals surface area contributed by atoms with Crippen LogP contribution in [0.2, 0.25) is 0 Å². The standard InChI is InChI=1S/C26H50S/c1-4-7-9-10-12-20-26(27-6-3)21-18-25(19-22-26)24-16-14-23(15-17-24)13-11-8-5-2/h23-25H,4-22H2,1-3H3. The molecule has 0 unspecified atom stereocenters. The van der Waals surface area contributed by atoms with Crippen molar-refractivity contribution in [1.29, 1.82) is 0 Å². The first-order valence-electron chi connectivity index (χ1n) is 12.9. The fourth-order valence-corrected chi connectivity index (χ4v) is 7.52. The van der Waals surface area contributed by atoms with E-state index in [-0.39, 0.29) is 0 Å². The summed E-state index contributed by atoms with van der Waals surface area (Å²) in [5, 5.41) is 0. The molecule has 0 nitrogen and oxygen atoms in total. The maximum absolute atomic E-state index is 2.38. The van der Waals surface area contributed by atoms with Crippen molar-refractivity contribution in [3.63, 3.8) is 0 Å². The molecular weight excluding hydrogens is 344 g/mol. The lowest BCUT2D eigenvalue weighted by Crippen LogP contribution is -2.34. The quantitative estimate of drug-likeness (QED) is 0.280. The van der Waals surface area contributed by atoms with Gasteiger partial charge < -0.3 is 0 Å². The van der Waals surface area contributed by atoms with E-state index in [0.29, 0.717) is 4.75 Å². The minimum absolute atomic E-state index is 0.662. The van der Waals surface area contributed by atoms with Crippen molar-refractivity contribution in [2.45, 2.75) is 141 Å². The van der Waals surface area contributed by atoms with Gasteiger partial charge in [0.2, 0.25) is 0 Å². The van der Waals surface area contributed by atoms with Gasteiger partial charge >= 0.3 is 0 Å². The lowest BCUT2D eigenvalue weighted by molar-refractivity contribution is 0.148. The van der Waals surface area contributed by atoms with E-state index in [0.717, 1.165) is 17.8 Å². The van der Waals surface area contributed by atoms with Gasteiger partial charge in [-0.05, 0) is 68.5 Å². The van der Waals surface area contributed by atoms with Crippen molar-refractivity contribution in [2.75, 3.05) is 5.75 Å². The van der Waals surface area contributed by atoms with Crippen molar-refractivity contribution in [3.8, 4) is 0 Å². The lowest BCUT2D eigenvalue weighted by Gasteiger charge is -2.43. The van der Waals surface area contributed by atoms with Gasteiger partial charge in [-0.2, -0.15) is 11.8 Å². The normalized spacial score (nSPS) is 31.9. The van der Waals surface area contributed by atoms with Crippen LogP contribution in [-0.2, 0) is 0 Å². The molecule has 2 rings (SSSR count).